The Balaban J connectivity index is 0. The first-order valence-electron chi connectivity index (χ1n) is 0. The van der Waals surface area contributed by atoms with Crippen LogP contribution < -0.4 is 0 Å². The van der Waals surface area contributed by atoms with Gasteiger partial charge in [-0.25, -0.2) is 0 Å². The normalized spacial score (nSPS) is 0. The molecular weight excluding hydrogens is 865 g/mol. The van der Waals surface area contributed by atoms with Gasteiger partial charge in [0, 0.05) is 77.5 Å². The molecule has 10 heteroatoms. The zero-order valence-corrected chi connectivity index (χ0v) is 22.9. The third-order valence-electron chi connectivity index (χ3n) is 0. The molecule has 10 heavy (non-hydrogen) atoms. The second-order valence-electron chi connectivity index (χ2n) is 0. The van der Waals surface area contributed by atoms with Crippen LogP contribution in [-0.2, 0) is 156 Å². The van der Waals surface area contributed by atoms with Crippen LogP contribution in [0.25, 0.3) is 24.6 Å². The Morgan fingerprint density at radius 3 is 0.300 bits per heavy atom. The first kappa shape index (κ1) is 115. The summed E-state index contributed by atoms with van der Waals surface area (Å²) in [5.74, 6) is 0. The quantitative estimate of drug-likeness (QED) is 0.325. The third kappa shape index (κ3) is 73.7. The summed E-state index contributed by atoms with van der Waals surface area (Å²) >= 11 is 0. The summed E-state index contributed by atoms with van der Waals surface area (Å²) in [4.78, 5) is 0. The van der Waals surface area contributed by atoms with E-state index >= 15 is 0 Å². The van der Waals surface area contributed by atoms with Gasteiger partial charge in [0.2, 0.25) is 0 Å². The summed E-state index contributed by atoms with van der Waals surface area (Å²) in [6.45, 7) is 0. The van der Waals surface area contributed by atoms with E-state index in [1.165, 1.54) is 0 Å². The molecule has 0 radical (unpaired) electrons. The van der Waals surface area contributed by atoms with Gasteiger partial charge < -0.3 is 24.6 Å². The average Bonchev–Trinajstić information content (AvgIpc) is 0. The van der Waals surface area contributed by atoms with Gasteiger partial charge in [-0.2, -0.15) is 0 Å². The van der Waals surface area contributed by atoms with Gasteiger partial charge in [-0.05, 0) is 0 Å². The van der Waals surface area contributed by atoms with E-state index in [4.69, 9.17) is 0 Å². The van der Waals surface area contributed by atoms with Gasteiger partial charge in [0.05, 0.1) is 0 Å². The topological polar surface area (TPSA) is 122 Å². The molecule has 0 aromatic rings. The molecule has 44 valence electrons. The number of hydrogen-bond acceptors (Lipinski definition) is 0. The van der Waals surface area contributed by atoms with Gasteiger partial charge in [0.15, 0.2) is 0 Å². The average molecular weight is 865 g/mol. The van der Waals surface area contributed by atoms with Crippen LogP contribution in [0, 0.1) is 0 Å². The van der Waals surface area contributed by atoms with Gasteiger partial charge in [-0.15, -0.1) is 0 Å². The predicted octanol–water partition coefficient (Wildman–Crippen LogP) is 1.14. The molecule has 0 aliphatic heterocycles. The summed E-state index contributed by atoms with van der Waals surface area (Å²) in [6.07, 6.45) is 0. The van der Waals surface area contributed by atoms with Gasteiger partial charge in [-0.1, -0.05) is 0 Å². The Labute approximate surface area is 176 Å². The number of hydrogen-bond donors (Lipinski definition) is 0. The van der Waals surface area contributed by atoms with Gasteiger partial charge in [-0.3, -0.25) is 0 Å². The first-order valence-corrected chi connectivity index (χ1v) is 0. The molecule has 0 aromatic heterocycles. The second kappa shape index (κ2) is 93.0. The van der Waals surface area contributed by atoms with Crippen LogP contribution in [0.5, 0.6) is 0 Å². The van der Waals surface area contributed by atoms with Crippen LogP contribution >= 0.6 is 0 Å². The summed E-state index contributed by atoms with van der Waals surface area (Å²) in [5, 5.41) is 0. The van der Waals surface area contributed by atoms with Crippen LogP contribution in [0.1, 0.15) is 0 Å². The van der Waals surface area contributed by atoms with E-state index < -0.39 is 0 Å². The zero-order valence-electron chi connectivity index (χ0n) is 4.79. The molecule has 0 rings (SSSR count). The molecule has 0 saturated heterocycles. The maximum atomic E-state index is 0. The molecule has 0 fully saturated rings. The fourth-order valence-corrected chi connectivity index (χ4v) is 0. The Hall–Kier alpha value is 5.10. The molecule has 4 nitrogen and oxygen atoms in total. The van der Waals surface area contributed by atoms with Crippen molar-refractivity contribution in [2.75, 3.05) is 0 Å². The summed E-state index contributed by atoms with van der Waals surface area (Å²) in [5.41, 5.74) is 0. The molecule has 0 N–H and O–H groups in total. The number of nitrogens with zero attached hydrogens (tertiary/aromatic N) is 4. The summed E-state index contributed by atoms with van der Waals surface area (Å²) in [7, 11) is 0. The fraction of sp³-hybridized carbons (Fsp3) is 0. The van der Waals surface area contributed by atoms with E-state index in [1.54, 1.807) is 0 Å². The minimum Gasteiger partial charge on any atom is -3.00 e. The Kier molecular flexibility index (Phi) is 1070. The van der Waals surface area contributed by atoms with E-state index in [9.17, 15) is 0 Å². The monoisotopic (exact) mass is 866 g/mol. The smallest absolute Gasteiger partial charge is 3.00 e. The molecule has 0 aliphatic rings. The summed E-state index contributed by atoms with van der Waals surface area (Å²) in [6, 6.07) is 0. The Morgan fingerprint density at radius 2 is 0.300 bits per heavy atom. The van der Waals surface area contributed by atoms with Crippen molar-refractivity contribution in [2.45, 2.75) is 0 Å². The Bertz CT molecular complexity index is 15.7. The maximum absolute atomic E-state index is 0. The van der Waals surface area contributed by atoms with Crippen molar-refractivity contribution >= 4 is 0 Å². The van der Waals surface area contributed by atoms with Crippen molar-refractivity contribution in [3.8, 4) is 0 Å². The fourth-order valence-electron chi connectivity index (χ4n) is 0. The zero-order chi connectivity index (χ0) is 0. The van der Waals surface area contributed by atoms with E-state index in [1.807, 2.05) is 0 Å². The molecule has 0 saturated carbocycles. The van der Waals surface area contributed by atoms with Crippen molar-refractivity contribution in [2.24, 2.45) is 0 Å². The van der Waals surface area contributed by atoms with Crippen LogP contribution in [0.15, 0.2) is 0 Å². The summed E-state index contributed by atoms with van der Waals surface area (Å²) < 4.78 is 0. The molecule has 0 aromatic carbocycles. The Morgan fingerprint density at radius 1 is 0.300 bits per heavy atom. The minimum absolute atomic E-state index is 0. The third-order valence-corrected chi connectivity index (χ3v) is 0. The van der Waals surface area contributed by atoms with Crippen LogP contribution in [0.3, 0.4) is 0 Å². The van der Waals surface area contributed by atoms with Gasteiger partial charge >= 0.3 is 78.6 Å². The van der Waals surface area contributed by atoms with Crippen LogP contribution in [0.4, 0.5) is 0 Å². The van der Waals surface area contributed by atoms with E-state index in [-0.39, 0.29) is 181 Å². The molecule has 0 heterocycles. The van der Waals surface area contributed by atoms with E-state index in [0.29, 0.717) is 0 Å². The minimum atomic E-state index is 0. The molecule has 0 spiro atoms. The van der Waals surface area contributed by atoms with Gasteiger partial charge in [0.1, 0.15) is 0 Å². The number of rotatable bonds is 0. The van der Waals surface area contributed by atoms with Crippen molar-refractivity contribution in [1.82, 2.24) is 0 Å². The molecule has 0 atom stereocenters. The van der Waals surface area contributed by atoms with Crippen molar-refractivity contribution < 1.29 is 156 Å². The first-order chi connectivity index (χ1) is 0. The largest absolute Gasteiger partial charge is 4.00 e. The molecule has 0 bridgehead atoms. The second-order valence-corrected chi connectivity index (χ2v) is 0. The molecular formula is Hf3N4Zr3. The molecule has 0 amide bonds. The van der Waals surface area contributed by atoms with Crippen molar-refractivity contribution in [1.29, 1.82) is 0 Å². The molecule has 0 aliphatic carbocycles. The van der Waals surface area contributed by atoms with Gasteiger partial charge in [0.25, 0.3) is 0 Å². The SMILES string of the molecule is [Hf].[Hf].[Hf].[N-3].[N-3].[N-3].[N-3].[Zr+4].[Zr+4].[Zr+4]. The van der Waals surface area contributed by atoms with E-state index in [0.717, 1.165) is 0 Å². The maximum Gasteiger partial charge on any atom is 4.00 e. The van der Waals surface area contributed by atoms with E-state index in [2.05, 4.69) is 0 Å². The van der Waals surface area contributed by atoms with Crippen LogP contribution in [-0.4, -0.2) is 0 Å². The van der Waals surface area contributed by atoms with Crippen LogP contribution in [0.2, 0.25) is 0 Å². The standard InChI is InChI=1S/3Hf.4N.3Zr/q;;;4*-3;3*+4. The predicted molar refractivity (Wildman–Crippen MR) is 13.4 cm³/mol. The molecule has 0 unspecified atom stereocenters. The van der Waals surface area contributed by atoms with Crippen molar-refractivity contribution in [3.05, 3.63) is 24.6 Å². The van der Waals surface area contributed by atoms with Crippen molar-refractivity contribution in [3.63, 3.8) is 0 Å².